The average molecular weight is 166 g/mol. The first-order valence-corrected chi connectivity index (χ1v) is 4.51. The molecule has 0 aliphatic rings. The first-order chi connectivity index (χ1) is 4.70. The van der Waals surface area contributed by atoms with Gasteiger partial charge in [0.2, 0.25) is 0 Å². The molecule has 0 aliphatic heterocycles. The molecule has 0 aromatic heterocycles. The maximum atomic E-state index is 10.1. The molecule has 0 radical (unpaired) electrons. The minimum Gasteiger partial charge on any atom is -0.284 e. The minimum absolute atomic E-state index is 0.0594. The van der Waals surface area contributed by atoms with E-state index in [9.17, 15) is 4.21 Å². The van der Waals surface area contributed by atoms with Crippen LogP contribution in [0, 0.1) is 0 Å². The maximum absolute atomic E-state index is 10.1. The Hall–Kier alpha value is 0.0700. The van der Waals surface area contributed by atoms with Crippen LogP contribution in [-0.4, -0.2) is 14.9 Å². The van der Waals surface area contributed by atoms with Gasteiger partial charge in [-0.1, -0.05) is 20.3 Å². The summed E-state index contributed by atoms with van der Waals surface area (Å²) in [4.78, 5) is 0. The topological polar surface area (TPSA) is 46.5 Å². The minimum atomic E-state index is -2.10. The highest BCUT2D eigenvalue weighted by Gasteiger charge is 2.07. The normalized spacial score (nSPS) is 16.7. The van der Waals surface area contributed by atoms with Gasteiger partial charge in [0, 0.05) is 0 Å². The summed E-state index contributed by atoms with van der Waals surface area (Å²) in [7, 11) is 0. The van der Waals surface area contributed by atoms with Crippen LogP contribution in [0.3, 0.4) is 0 Å². The first kappa shape index (κ1) is 10.1. The molecular formula is C6H14O3S. The second kappa shape index (κ2) is 5.82. The Morgan fingerprint density at radius 1 is 1.60 bits per heavy atom. The van der Waals surface area contributed by atoms with E-state index in [4.69, 9.17) is 4.55 Å². The van der Waals surface area contributed by atoms with Crippen molar-refractivity contribution in [1.29, 1.82) is 0 Å². The summed E-state index contributed by atoms with van der Waals surface area (Å²) in [5.41, 5.74) is 0. The lowest BCUT2D eigenvalue weighted by molar-refractivity contribution is 0.188. The molecule has 1 N–H and O–H groups in total. The van der Waals surface area contributed by atoms with Crippen LogP contribution in [0.5, 0.6) is 0 Å². The summed E-state index contributed by atoms with van der Waals surface area (Å²) >= 11 is -2.10. The predicted octanol–water partition coefficient (Wildman–Crippen LogP) is 1.72. The molecule has 3 nitrogen and oxygen atoms in total. The second-order valence-electron chi connectivity index (χ2n) is 2.13. The van der Waals surface area contributed by atoms with Crippen LogP contribution < -0.4 is 0 Å². The average Bonchev–Trinajstić information content (AvgIpc) is 1.86. The van der Waals surface area contributed by atoms with Gasteiger partial charge in [-0.25, -0.2) is 0 Å². The molecule has 0 bridgehead atoms. The van der Waals surface area contributed by atoms with Crippen molar-refractivity contribution in [3.63, 3.8) is 0 Å². The lowest BCUT2D eigenvalue weighted by Gasteiger charge is -2.09. The Labute approximate surface area is 64.3 Å². The fraction of sp³-hybridized carbons (Fsp3) is 1.00. The predicted molar refractivity (Wildman–Crippen MR) is 40.8 cm³/mol. The third-order valence-corrected chi connectivity index (χ3v) is 1.72. The van der Waals surface area contributed by atoms with Gasteiger partial charge in [0.25, 0.3) is 0 Å². The van der Waals surface area contributed by atoms with E-state index < -0.39 is 11.4 Å². The van der Waals surface area contributed by atoms with E-state index >= 15 is 0 Å². The molecule has 62 valence electrons. The summed E-state index contributed by atoms with van der Waals surface area (Å²) < 4.78 is 23.1. The van der Waals surface area contributed by atoms with Gasteiger partial charge >= 0.3 is 11.4 Å². The van der Waals surface area contributed by atoms with Gasteiger partial charge in [-0.05, 0) is 12.8 Å². The van der Waals surface area contributed by atoms with Gasteiger partial charge in [-0.2, -0.15) is 4.21 Å². The molecule has 0 amide bonds. The van der Waals surface area contributed by atoms with E-state index in [0.29, 0.717) is 0 Å². The van der Waals surface area contributed by atoms with Gasteiger partial charge in [-0.3, -0.25) is 8.74 Å². The fourth-order valence-electron chi connectivity index (χ4n) is 0.759. The monoisotopic (exact) mass is 166 g/mol. The Balaban J connectivity index is 3.49. The molecule has 0 spiro atoms. The molecule has 0 aromatic rings. The molecule has 2 atom stereocenters. The van der Waals surface area contributed by atoms with Gasteiger partial charge in [-0.15, -0.1) is 0 Å². The molecule has 0 heterocycles. The van der Waals surface area contributed by atoms with Crippen molar-refractivity contribution in [2.45, 2.75) is 39.2 Å². The Morgan fingerprint density at radius 3 is 2.50 bits per heavy atom. The number of hydrogen-bond donors (Lipinski definition) is 1. The Morgan fingerprint density at radius 2 is 2.20 bits per heavy atom. The summed E-state index contributed by atoms with van der Waals surface area (Å²) in [6.07, 6.45) is 2.56. The van der Waals surface area contributed by atoms with Crippen LogP contribution in [-0.2, 0) is 15.5 Å². The van der Waals surface area contributed by atoms with E-state index in [1.54, 1.807) is 0 Å². The largest absolute Gasteiger partial charge is 0.302 e. The first-order valence-electron chi connectivity index (χ1n) is 3.48. The summed E-state index contributed by atoms with van der Waals surface area (Å²) in [5.74, 6) is 0. The van der Waals surface area contributed by atoms with Gasteiger partial charge in [0.05, 0.1) is 6.10 Å². The molecule has 2 unspecified atom stereocenters. The molecule has 0 fully saturated rings. The van der Waals surface area contributed by atoms with Crippen molar-refractivity contribution in [3.8, 4) is 0 Å². The smallest absolute Gasteiger partial charge is 0.284 e. The third kappa shape index (κ3) is 4.90. The molecule has 0 aromatic carbocycles. The van der Waals surface area contributed by atoms with Gasteiger partial charge in [0.1, 0.15) is 0 Å². The molecule has 0 saturated heterocycles. The molecule has 0 saturated carbocycles. The zero-order chi connectivity index (χ0) is 7.98. The maximum Gasteiger partial charge on any atom is 0.302 e. The Kier molecular flexibility index (Phi) is 5.87. The standard InChI is InChI=1S/C6H14O3S/c1-3-5-6(4-2)9-10(7)8/h6H,3-5H2,1-2H3,(H,7,8). The molecule has 4 heteroatoms. The van der Waals surface area contributed by atoms with E-state index in [1.807, 2.05) is 13.8 Å². The number of rotatable bonds is 5. The van der Waals surface area contributed by atoms with Crippen molar-refractivity contribution >= 4 is 11.4 Å². The van der Waals surface area contributed by atoms with Crippen LogP contribution in [0.2, 0.25) is 0 Å². The lowest BCUT2D eigenvalue weighted by Crippen LogP contribution is -2.12. The summed E-state index contributed by atoms with van der Waals surface area (Å²) in [6, 6.07) is 0. The van der Waals surface area contributed by atoms with E-state index in [2.05, 4.69) is 4.18 Å². The van der Waals surface area contributed by atoms with E-state index in [-0.39, 0.29) is 6.10 Å². The Bertz CT molecular complexity index is 105. The van der Waals surface area contributed by atoms with E-state index in [1.165, 1.54) is 0 Å². The zero-order valence-electron chi connectivity index (χ0n) is 6.37. The highest BCUT2D eigenvalue weighted by Crippen LogP contribution is 2.06. The van der Waals surface area contributed by atoms with Crippen molar-refractivity contribution in [2.24, 2.45) is 0 Å². The molecular weight excluding hydrogens is 152 g/mol. The van der Waals surface area contributed by atoms with E-state index in [0.717, 1.165) is 19.3 Å². The SMILES string of the molecule is CCCC(CC)OS(=O)O. The summed E-state index contributed by atoms with van der Waals surface area (Å²) in [5, 5.41) is 0. The highest BCUT2D eigenvalue weighted by molar-refractivity contribution is 7.74. The van der Waals surface area contributed by atoms with Crippen molar-refractivity contribution < 1.29 is 12.9 Å². The lowest BCUT2D eigenvalue weighted by atomic mass is 10.2. The van der Waals surface area contributed by atoms with Crippen LogP contribution in [0.15, 0.2) is 0 Å². The van der Waals surface area contributed by atoms with Crippen LogP contribution in [0.25, 0.3) is 0 Å². The fourth-order valence-corrected chi connectivity index (χ4v) is 1.22. The van der Waals surface area contributed by atoms with Crippen LogP contribution >= 0.6 is 0 Å². The molecule has 0 aliphatic carbocycles. The van der Waals surface area contributed by atoms with Crippen molar-refractivity contribution in [3.05, 3.63) is 0 Å². The van der Waals surface area contributed by atoms with Crippen molar-refractivity contribution in [1.82, 2.24) is 0 Å². The number of hydrogen-bond acceptors (Lipinski definition) is 2. The van der Waals surface area contributed by atoms with Crippen LogP contribution in [0.4, 0.5) is 0 Å². The zero-order valence-corrected chi connectivity index (χ0v) is 7.19. The van der Waals surface area contributed by atoms with Crippen LogP contribution in [0.1, 0.15) is 33.1 Å². The molecule has 10 heavy (non-hydrogen) atoms. The second-order valence-corrected chi connectivity index (χ2v) is 2.76. The third-order valence-electron chi connectivity index (χ3n) is 1.28. The molecule has 0 rings (SSSR count). The quantitative estimate of drug-likeness (QED) is 0.632. The highest BCUT2D eigenvalue weighted by atomic mass is 32.2. The van der Waals surface area contributed by atoms with Crippen molar-refractivity contribution in [2.75, 3.05) is 0 Å². The van der Waals surface area contributed by atoms with Gasteiger partial charge < -0.3 is 0 Å². The summed E-state index contributed by atoms with van der Waals surface area (Å²) in [6.45, 7) is 3.96. The van der Waals surface area contributed by atoms with Gasteiger partial charge in [0.15, 0.2) is 0 Å².